The number of hydroxylamine groups is 3. The van der Waals surface area contributed by atoms with Crippen molar-refractivity contribution in [1.29, 1.82) is 0 Å². The Balaban J connectivity index is 0.00000109. The van der Waals surface area contributed by atoms with Gasteiger partial charge in [0.1, 0.15) is 26.1 Å². The molecule has 2 aromatic carbocycles. The van der Waals surface area contributed by atoms with Crippen LogP contribution in [0.25, 0.3) is 0 Å². The van der Waals surface area contributed by atoms with Crippen LogP contribution in [0.1, 0.15) is 36.3 Å². The summed E-state index contributed by atoms with van der Waals surface area (Å²) in [6.45, 7) is 1.81. The van der Waals surface area contributed by atoms with E-state index in [1.54, 1.807) is 0 Å². The maximum atomic E-state index is 13.0. The van der Waals surface area contributed by atoms with E-state index in [-0.39, 0.29) is 11.9 Å². The molecule has 4 heteroatoms. The molecule has 1 aliphatic heterocycles. The van der Waals surface area contributed by atoms with E-state index >= 15 is 0 Å². The van der Waals surface area contributed by atoms with E-state index in [4.69, 9.17) is 4.84 Å². The van der Waals surface area contributed by atoms with Crippen molar-refractivity contribution in [3.63, 3.8) is 0 Å². The average molecular weight is 452 g/mol. The van der Waals surface area contributed by atoms with Gasteiger partial charge in [0.25, 0.3) is 0 Å². The van der Waals surface area contributed by atoms with Crippen molar-refractivity contribution in [3.05, 3.63) is 71.8 Å². The van der Waals surface area contributed by atoms with E-state index in [0.29, 0.717) is 4.65 Å². The second-order valence-corrected chi connectivity index (χ2v) is 6.47. The van der Waals surface area contributed by atoms with Gasteiger partial charge in [0.15, 0.2) is 0 Å². The van der Waals surface area contributed by atoms with Crippen LogP contribution < -0.4 is 0 Å². The monoisotopic (exact) mass is 452 g/mol. The van der Waals surface area contributed by atoms with Crippen LogP contribution >= 0.6 is 22.6 Å². The molecule has 0 amide bonds. The Morgan fingerprint density at radius 3 is 1.76 bits per heavy atom. The molecule has 1 heterocycles. The van der Waals surface area contributed by atoms with Crippen LogP contribution in [0.3, 0.4) is 0 Å². The van der Waals surface area contributed by atoms with Crippen molar-refractivity contribution in [1.82, 2.24) is 0 Å². The van der Waals surface area contributed by atoms with Crippen molar-refractivity contribution in [3.8, 4) is 0 Å². The van der Waals surface area contributed by atoms with Crippen LogP contribution in [-0.4, -0.2) is 35.7 Å². The average Bonchev–Trinajstić information content (AvgIpc) is 2.65. The zero-order chi connectivity index (χ0) is 18.1. The fourth-order valence-corrected chi connectivity index (χ4v) is 3.30. The number of benzene rings is 2. The van der Waals surface area contributed by atoms with Gasteiger partial charge in [0.2, 0.25) is 0 Å². The number of carbonyl (C=O) groups excluding carboxylic acids is 1. The zero-order valence-corrected chi connectivity index (χ0v) is 17.2. The number of hydrogen-bond donors (Lipinski definition) is 0. The molecule has 0 unspecified atom stereocenters. The molecule has 1 aliphatic rings. The van der Waals surface area contributed by atoms with Crippen LogP contribution in [0.2, 0.25) is 0 Å². The van der Waals surface area contributed by atoms with Gasteiger partial charge in [-0.25, -0.2) is 4.79 Å². The summed E-state index contributed by atoms with van der Waals surface area (Å²) in [6, 6.07) is 19.8. The topological polar surface area (TPSA) is 26.3 Å². The van der Waals surface area contributed by atoms with Crippen LogP contribution in [0, 0.1) is 0 Å². The first-order valence-corrected chi connectivity index (χ1v) is 10.9. The minimum absolute atomic E-state index is 0.160. The molecular weight excluding hydrogens is 425 g/mol. The highest BCUT2D eigenvalue weighted by atomic mass is 127. The molecule has 2 aromatic rings. The predicted molar refractivity (Wildman–Crippen MR) is 111 cm³/mol. The molecule has 1 fully saturated rings. The van der Waals surface area contributed by atoms with Crippen molar-refractivity contribution < 1.29 is 14.3 Å². The molecule has 0 aromatic heterocycles. The Labute approximate surface area is 164 Å². The number of piperidine rings is 1. The lowest BCUT2D eigenvalue weighted by molar-refractivity contribution is -1.08. The third-order valence-electron chi connectivity index (χ3n) is 4.57. The number of carbonyl (C=O) groups is 1. The molecule has 0 N–H and O–H groups in total. The number of hydrogen-bond acceptors (Lipinski definition) is 2. The smallest absolute Gasteiger partial charge is 0.276 e. The Morgan fingerprint density at radius 2 is 1.32 bits per heavy atom. The van der Waals surface area contributed by atoms with Crippen LogP contribution in [0.5, 0.6) is 0 Å². The molecular formula is C21H27INO2+. The fraction of sp³-hybridized carbons (Fsp3) is 0.381. The summed E-state index contributed by atoms with van der Waals surface area (Å²) in [5, 5.41) is 0. The van der Waals surface area contributed by atoms with Crippen molar-refractivity contribution in [2.45, 2.75) is 25.2 Å². The van der Waals surface area contributed by atoms with Gasteiger partial charge >= 0.3 is 5.97 Å². The van der Waals surface area contributed by atoms with Crippen LogP contribution in [0.4, 0.5) is 0 Å². The first kappa shape index (κ1) is 19.9. The normalized spacial score (nSPS) is 15.8. The lowest BCUT2D eigenvalue weighted by Gasteiger charge is -2.34. The first-order chi connectivity index (χ1) is 12.2. The first-order valence-electron chi connectivity index (χ1n) is 8.74. The van der Waals surface area contributed by atoms with Crippen molar-refractivity contribution in [2.75, 3.05) is 25.1 Å². The number of alkyl halides is 1. The molecule has 0 aliphatic carbocycles. The summed E-state index contributed by atoms with van der Waals surface area (Å²) in [7, 11) is 2.02. The van der Waals surface area contributed by atoms with E-state index in [2.05, 4.69) is 22.6 Å². The molecule has 3 nitrogen and oxygen atoms in total. The Morgan fingerprint density at radius 1 is 0.880 bits per heavy atom. The SMILES string of the molecule is CI.C[N+]1(OC(=O)C(c2ccccc2)c2ccccc2)CCCCC1. The van der Waals surface area contributed by atoms with Gasteiger partial charge in [0, 0.05) is 12.8 Å². The highest BCUT2D eigenvalue weighted by Gasteiger charge is 2.35. The Hall–Kier alpha value is -1.40. The summed E-state index contributed by atoms with van der Waals surface area (Å²) in [4.78, 5) is 20.9. The summed E-state index contributed by atoms with van der Waals surface area (Å²) in [5.41, 5.74) is 1.96. The van der Waals surface area contributed by atoms with Gasteiger partial charge in [-0.15, -0.1) is 4.65 Å². The molecule has 0 saturated carbocycles. The van der Waals surface area contributed by atoms with Gasteiger partial charge in [-0.2, -0.15) is 0 Å². The number of halogens is 1. The van der Waals surface area contributed by atoms with Gasteiger partial charge < -0.3 is 0 Å². The van der Waals surface area contributed by atoms with Gasteiger partial charge in [-0.05, 0) is 22.5 Å². The second-order valence-electron chi connectivity index (χ2n) is 6.47. The third kappa shape index (κ3) is 5.54. The molecule has 0 radical (unpaired) electrons. The minimum Gasteiger partial charge on any atom is -0.276 e. The lowest BCUT2D eigenvalue weighted by Crippen LogP contribution is -2.49. The summed E-state index contributed by atoms with van der Waals surface area (Å²) in [5.74, 6) is -0.527. The van der Waals surface area contributed by atoms with E-state index in [9.17, 15) is 4.79 Å². The number of nitrogens with zero attached hydrogens (tertiary/aromatic N) is 1. The Bertz CT molecular complexity index is 600. The standard InChI is InChI=1S/C20H24NO2.CH3I/c1-21(15-9-4-10-16-21)23-20(22)19(17-11-5-2-6-12-17)18-13-7-3-8-14-18;1-2/h2-3,5-8,11-14,19H,4,9-10,15-16H2,1H3;1H3/q+1;. The maximum absolute atomic E-state index is 13.0. The second kappa shape index (κ2) is 9.92. The van der Waals surface area contributed by atoms with E-state index in [1.165, 1.54) is 6.42 Å². The summed E-state index contributed by atoms with van der Waals surface area (Å²) < 4.78 is 0.398. The van der Waals surface area contributed by atoms with Gasteiger partial charge in [-0.1, -0.05) is 83.3 Å². The number of rotatable bonds is 4. The molecule has 0 atom stereocenters. The zero-order valence-electron chi connectivity index (χ0n) is 15.0. The predicted octanol–water partition coefficient (Wildman–Crippen LogP) is 4.96. The molecule has 0 spiro atoms. The van der Waals surface area contributed by atoms with E-state index < -0.39 is 0 Å². The summed E-state index contributed by atoms with van der Waals surface area (Å²) in [6.07, 6.45) is 3.46. The quantitative estimate of drug-likeness (QED) is 0.373. The van der Waals surface area contributed by atoms with Crippen molar-refractivity contribution in [2.24, 2.45) is 0 Å². The number of quaternary nitrogens is 1. The summed E-state index contributed by atoms with van der Waals surface area (Å²) >= 11 is 2.15. The highest BCUT2D eigenvalue weighted by molar-refractivity contribution is 14.1. The van der Waals surface area contributed by atoms with E-state index in [0.717, 1.165) is 37.1 Å². The molecule has 1 saturated heterocycles. The molecule has 3 rings (SSSR count). The molecule has 25 heavy (non-hydrogen) atoms. The van der Waals surface area contributed by atoms with Crippen molar-refractivity contribution >= 4 is 28.6 Å². The van der Waals surface area contributed by atoms with Crippen LogP contribution in [-0.2, 0) is 9.63 Å². The largest absolute Gasteiger partial charge is 0.378 e. The molecule has 0 bridgehead atoms. The Kier molecular flexibility index (Phi) is 7.90. The maximum Gasteiger partial charge on any atom is 0.378 e. The third-order valence-corrected chi connectivity index (χ3v) is 4.57. The molecule has 134 valence electrons. The minimum atomic E-state index is -0.366. The van der Waals surface area contributed by atoms with E-state index in [1.807, 2.05) is 72.6 Å². The van der Waals surface area contributed by atoms with Gasteiger partial charge in [-0.3, -0.25) is 4.84 Å². The number of likely N-dealkylation sites (tertiary alicyclic amines) is 1. The lowest BCUT2D eigenvalue weighted by atomic mass is 9.91. The highest BCUT2D eigenvalue weighted by Crippen LogP contribution is 2.28. The fourth-order valence-electron chi connectivity index (χ4n) is 3.30. The van der Waals surface area contributed by atoms with Gasteiger partial charge in [0.05, 0.1) is 0 Å². The van der Waals surface area contributed by atoms with Crippen LogP contribution in [0.15, 0.2) is 60.7 Å².